The molecule has 0 spiro atoms. The zero-order chi connectivity index (χ0) is 28.7. The number of carbonyl (C=O) groups excluding carboxylic acids is 1. The van der Waals surface area contributed by atoms with Gasteiger partial charge in [-0.05, 0) is 12.3 Å². The highest BCUT2D eigenvalue weighted by Gasteiger charge is 2.85. The lowest BCUT2D eigenvalue weighted by atomic mass is 10.1. The molecule has 0 heterocycles. The van der Waals surface area contributed by atoms with Crippen molar-refractivity contribution < 1.29 is 93.6 Å². The fourth-order valence-corrected chi connectivity index (χ4v) is 1.63. The van der Waals surface area contributed by atoms with Gasteiger partial charge in [-0.15, -0.1) is 0 Å². The van der Waals surface area contributed by atoms with Gasteiger partial charge in [-0.3, -0.25) is 9.47 Å². The van der Waals surface area contributed by atoms with E-state index in [1.165, 1.54) is 18.6 Å². The Labute approximate surface area is 182 Å². The number of alkyl halides is 17. The Hall–Kier alpha value is -1.80. The van der Waals surface area contributed by atoms with Crippen molar-refractivity contribution in [2.24, 2.45) is 5.92 Å². The summed E-state index contributed by atoms with van der Waals surface area (Å²) in [5.41, 5.74) is 0. The van der Waals surface area contributed by atoms with Crippen molar-refractivity contribution in [3.8, 4) is 0 Å². The molecule has 0 aliphatic heterocycles. The minimum Gasteiger partial charge on any atom is -0.461 e. The first-order chi connectivity index (χ1) is 15.0. The average Bonchev–Trinajstić information content (AvgIpc) is 2.57. The quantitative estimate of drug-likeness (QED) is 0.226. The molecule has 0 saturated heterocycles. The summed E-state index contributed by atoms with van der Waals surface area (Å²) in [7, 11) is 0. The van der Waals surface area contributed by atoms with Gasteiger partial charge in [0.1, 0.15) is 0 Å². The lowest BCUT2D eigenvalue weighted by Crippen LogP contribution is -2.68. The number of carbonyl (C=O) groups is 1. The number of hydrogen-bond donors (Lipinski definition) is 0. The van der Waals surface area contributed by atoms with E-state index in [9.17, 15) is 79.4 Å². The van der Waals surface area contributed by atoms with Crippen LogP contribution in [0.15, 0.2) is 0 Å². The van der Waals surface area contributed by atoms with E-state index in [0.717, 1.165) is 0 Å². The lowest BCUT2D eigenvalue weighted by molar-refractivity contribution is -0.548. The van der Waals surface area contributed by atoms with E-state index in [2.05, 4.69) is 4.74 Å². The molecule has 0 aliphatic rings. The smallest absolute Gasteiger partial charge is 0.461 e. The number of halogens is 17. The topological polar surface area (TPSA) is 44.8 Å². The summed E-state index contributed by atoms with van der Waals surface area (Å²) >= 11 is 0. The zero-order valence-corrected chi connectivity index (χ0v) is 16.5. The average molecular weight is 566 g/mol. The van der Waals surface area contributed by atoms with Crippen molar-refractivity contribution in [2.75, 3.05) is 6.61 Å². The van der Waals surface area contributed by atoms with Crippen LogP contribution in [0.4, 0.5) is 74.6 Å². The van der Waals surface area contributed by atoms with Gasteiger partial charge in [0.15, 0.2) is 0 Å². The second-order valence-corrected chi connectivity index (χ2v) is 6.81. The van der Waals surface area contributed by atoms with E-state index in [1.54, 1.807) is 0 Å². The van der Waals surface area contributed by atoms with E-state index >= 15 is 0 Å². The molecule has 0 aromatic rings. The molecule has 0 aromatic carbocycles. The van der Waals surface area contributed by atoms with Crippen LogP contribution in [0.3, 0.4) is 0 Å². The van der Waals surface area contributed by atoms with Crippen LogP contribution in [0.1, 0.15) is 20.3 Å². The van der Waals surface area contributed by atoms with Crippen LogP contribution in [-0.2, 0) is 19.0 Å². The molecule has 0 amide bonds. The molecule has 35 heavy (non-hydrogen) atoms. The number of esters is 1. The lowest BCUT2D eigenvalue weighted by Gasteiger charge is -2.39. The molecule has 0 fully saturated rings. The van der Waals surface area contributed by atoms with E-state index in [1.807, 2.05) is 4.74 Å². The van der Waals surface area contributed by atoms with Gasteiger partial charge in [-0.2, -0.15) is 74.6 Å². The van der Waals surface area contributed by atoms with Crippen molar-refractivity contribution >= 4 is 5.97 Å². The van der Waals surface area contributed by atoms with Crippen LogP contribution in [0.2, 0.25) is 0 Å². The highest BCUT2D eigenvalue weighted by atomic mass is 19.4. The minimum absolute atomic E-state index is 0.437. The molecule has 0 radical (unpaired) electrons. The maximum atomic E-state index is 14.1. The molecule has 210 valence electrons. The third kappa shape index (κ3) is 6.50. The Morgan fingerprint density at radius 1 is 0.629 bits per heavy atom. The number of rotatable bonds is 10. The van der Waals surface area contributed by atoms with E-state index in [0.29, 0.717) is 0 Å². The predicted molar refractivity (Wildman–Crippen MR) is 73.3 cm³/mol. The summed E-state index contributed by atoms with van der Waals surface area (Å²) in [6, 6.07) is 0. The number of ether oxygens (including phenoxy) is 3. The Morgan fingerprint density at radius 3 is 1.37 bits per heavy atom. The first-order valence-electron chi connectivity index (χ1n) is 8.29. The van der Waals surface area contributed by atoms with Crippen LogP contribution in [0.25, 0.3) is 0 Å². The van der Waals surface area contributed by atoms with Gasteiger partial charge in [-0.25, -0.2) is 4.79 Å². The maximum absolute atomic E-state index is 14.1. The van der Waals surface area contributed by atoms with Gasteiger partial charge in [-0.1, -0.05) is 13.8 Å². The zero-order valence-electron chi connectivity index (χ0n) is 16.5. The fourth-order valence-electron chi connectivity index (χ4n) is 1.63. The molecule has 0 bridgehead atoms. The van der Waals surface area contributed by atoms with Crippen molar-refractivity contribution in [3.63, 3.8) is 0 Å². The van der Waals surface area contributed by atoms with E-state index < -0.39 is 73.3 Å². The molecular weight excluding hydrogens is 555 g/mol. The summed E-state index contributed by atoms with van der Waals surface area (Å²) in [6.45, 7) is 1.36. The molecular formula is C14H11F17O4. The Balaban J connectivity index is 6.59. The van der Waals surface area contributed by atoms with Crippen LogP contribution in [-0.4, -0.2) is 61.0 Å². The maximum Gasteiger partial charge on any atom is 0.462 e. The molecule has 0 aromatic heterocycles. The van der Waals surface area contributed by atoms with Crippen molar-refractivity contribution in [1.29, 1.82) is 0 Å². The Morgan fingerprint density at radius 2 is 1.06 bits per heavy atom. The molecule has 4 nitrogen and oxygen atoms in total. The van der Waals surface area contributed by atoms with Crippen LogP contribution in [0, 0.1) is 5.92 Å². The molecule has 0 aliphatic carbocycles. The molecule has 0 saturated carbocycles. The normalized spacial score (nSPS) is 18.3. The molecule has 2 atom stereocenters. The van der Waals surface area contributed by atoms with Gasteiger partial charge in [0, 0.05) is 0 Å². The van der Waals surface area contributed by atoms with Gasteiger partial charge in [0.2, 0.25) is 0 Å². The van der Waals surface area contributed by atoms with Gasteiger partial charge in [0.25, 0.3) is 0 Å². The van der Waals surface area contributed by atoms with Gasteiger partial charge < -0.3 is 4.74 Å². The SMILES string of the molecule is CC(C)CCOC(=O)[C@](F)(OC(F)(F)[C@@](F)(OC(F)(F)C(F)(F)C(F)(F)F)C(F)(F)F)C(F)(F)F. The molecule has 0 N–H and O–H groups in total. The highest BCUT2D eigenvalue weighted by Crippen LogP contribution is 2.56. The summed E-state index contributed by atoms with van der Waals surface area (Å²) in [4.78, 5) is 11.3. The third-order valence-corrected chi connectivity index (χ3v) is 3.55. The Kier molecular flexibility index (Phi) is 9.09. The Bertz CT molecular complexity index is 741. The summed E-state index contributed by atoms with van der Waals surface area (Å²) in [5.74, 6) is -26.9. The number of hydrogen-bond acceptors (Lipinski definition) is 4. The molecule has 0 rings (SSSR count). The summed E-state index contributed by atoms with van der Waals surface area (Å²) in [5, 5.41) is 0. The van der Waals surface area contributed by atoms with Gasteiger partial charge >= 0.3 is 54.3 Å². The van der Waals surface area contributed by atoms with Crippen LogP contribution < -0.4 is 0 Å². The van der Waals surface area contributed by atoms with E-state index in [-0.39, 0.29) is 0 Å². The van der Waals surface area contributed by atoms with Crippen LogP contribution >= 0.6 is 0 Å². The predicted octanol–water partition coefficient (Wildman–Crippen LogP) is 6.45. The van der Waals surface area contributed by atoms with Crippen molar-refractivity contribution in [1.82, 2.24) is 0 Å². The molecule has 0 unspecified atom stereocenters. The van der Waals surface area contributed by atoms with Crippen molar-refractivity contribution in [3.05, 3.63) is 0 Å². The monoisotopic (exact) mass is 566 g/mol. The standard InChI is InChI=1S/C14H11F17O4/c1-5(2)3-4-33-6(32)7(15,10(19,20)21)34-14(30,31)9(18,12(25,26)27)35-13(28,29)8(16,17)11(22,23)24/h5H,3-4H2,1-2H3/t7-,9-/m0/s1. The van der Waals surface area contributed by atoms with E-state index in [4.69, 9.17) is 0 Å². The summed E-state index contributed by atoms with van der Waals surface area (Å²) in [6.07, 6.45) is -39.0. The largest absolute Gasteiger partial charge is 0.462 e. The van der Waals surface area contributed by atoms with Gasteiger partial charge in [0.05, 0.1) is 6.61 Å². The summed E-state index contributed by atoms with van der Waals surface area (Å²) < 4.78 is 227. The third-order valence-electron chi connectivity index (χ3n) is 3.55. The van der Waals surface area contributed by atoms with Crippen LogP contribution in [0.5, 0.6) is 0 Å². The fraction of sp³-hybridized carbons (Fsp3) is 0.929. The minimum atomic E-state index is -8.04. The second-order valence-electron chi connectivity index (χ2n) is 6.81. The van der Waals surface area contributed by atoms with Crippen molar-refractivity contribution in [2.45, 2.75) is 68.6 Å². The first-order valence-corrected chi connectivity index (χ1v) is 8.29. The highest BCUT2D eigenvalue weighted by molar-refractivity contribution is 5.78. The molecule has 21 heteroatoms. The second kappa shape index (κ2) is 9.58. The first kappa shape index (κ1) is 33.2.